The minimum absolute atomic E-state index is 0.628. The van der Waals surface area contributed by atoms with Gasteiger partial charge in [0.2, 0.25) is 0 Å². The normalized spacial score (nSPS) is 25.6. The van der Waals surface area contributed by atoms with E-state index in [0.29, 0.717) is 6.04 Å². The molecule has 1 N–H and O–H groups in total. The monoisotopic (exact) mass is 209 g/mol. The fourth-order valence-corrected chi connectivity index (χ4v) is 2.32. The van der Waals surface area contributed by atoms with E-state index in [0.717, 1.165) is 16.6 Å². The summed E-state index contributed by atoms with van der Waals surface area (Å²) in [7, 11) is 0. The lowest BCUT2D eigenvalue weighted by Crippen LogP contribution is -2.34. The van der Waals surface area contributed by atoms with Crippen molar-refractivity contribution in [3.8, 4) is 0 Å². The van der Waals surface area contributed by atoms with Crippen LogP contribution in [0.1, 0.15) is 25.3 Å². The Bertz CT molecular complexity index is 309. The molecule has 1 nitrogen and oxygen atoms in total. The fraction of sp³-hybridized carbons (Fsp3) is 0.500. The molecule has 0 saturated heterocycles. The summed E-state index contributed by atoms with van der Waals surface area (Å²) in [4.78, 5) is 0. The van der Waals surface area contributed by atoms with Gasteiger partial charge >= 0.3 is 0 Å². The molecule has 0 bridgehead atoms. The quantitative estimate of drug-likeness (QED) is 0.780. The van der Waals surface area contributed by atoms with Crippen LogP contribution in [0.15, 0.2) is 18.2 Å². The molecule has 1 aliphatic carbocycles. The van der Waals surface area contributed by atoms with Gasteiger partial charge in [-0.05, 0) is 37.3 Å². The average molecular weight is 210 g/mol. The average Bonchev–Trinajstić information content (AvgIpc) is 2.08. The van der Waals surface area contributed by atoms with Crippen molar-refractivity contribution in [2.24, 2.45) is 5.92 Å². The summed E-state index contributed by atoms with van der Waals surface area (Å²) in [6, 6.07) is 6.66. The number of nitrogens with one attached hydrogen (secondary N) is 1. The van der Waals surface area contributed by atoms with Crippen LogP contribution in [0.4, 0.5) is 5.69 Å². The first-order valence-electron chi connectivity index (χ1n) is 5.18. The molecule has 0 heterocycles. The number of anilines is 1. The van der Waals surface area contributed by atoms with Crippen LogP contribution in [0, 0.1) is 12.8 Å². The molecule has 0 aliphatic heterocycles. The molecule has 0 aromatic heterocycles. The maximum atomic E-state index is 6.13. The minimum Gasteiger partial charge on any atom is -0.381 e. The number of hydrogen-bond donors (Lipinski definition) is 1. The van der Waals surface area contributed by atoms with E-state index in [1.54, 1.807) is 0 Å². The van der Waals surface area contributed by atoms with Crippen molar-refractivity contribution in [1.29, 1.82) is 0 Å². The Balaban J connectivity index is 2.09. The van der Waals surface area contributed by atoms with E-state index in [1.807, 2.05) is 12.1 Å². The fourth-order valence-electron chi connectivity index (χ4n) is 2.04. The van der Waals surface area contributed by atoms with Crippen molar-refractivity contribution in [3.05, 3.63) is 28.8 Å². The van der Waals surface area contributed by atoms with Gasteiger partial charge in [-0.15, -0.1) is 0 Å². The van der Waals surface area contributed by atoms with Crippen LogP contribution < -0.4 is 5.32 Å². The van der Waals surface area contributed by atoms with Crippen LogP contribution in [0.5, 0.6) is 0 Å². The number of benzene rings is 1. The van der Waals surface area contributed by atoms with Crippen molar-refractivity contribution in [2.75, 3.05) is 5.32 Å². The summed E-state index contributed by atoms with van der Waals surface area (Å²) in [6.07, 6.45) is 2.54. The Kier molecular flexibility index (Phi) is 2.69. The summed E-state index contributed by atoms with van der Waals surface area (Å²) in [6.45, 7) is 4.38. The van der Waals surface area contributed by atoms with Crippen LogP contribution in [0.25, 0.3) is 0 Å². The van der Waals surface area contributed by atoms with Gasteiger partial charge in [-0.1, -0.05) is 30.7 Å². The molecule has 1 aromatic carbocycles. The summed E-state index contributed by atoms with van der Waals surface area (Å²) in [5.74, 6) is 0.871. The first-order chi connectivity index (χ1) is 6.66. The second-order valence-corrected chi connectivity index (χ2v) is 4.76. The molecule has 1 aromatic rings. The van der Waals surface area contributed by atoms with E-state index in [2.05, 4.69) is 25.2 Å². The lowest BCUT2D eigenvalue weighted by molar-refractivity contribution is 0.309. The highest BCUT2D eigenvalue weighted by molar-refractivity contribution is 6.33. The molecule has 0 spiro atoms. The number of para-hydroxylation sites is 1. The Morgan fingerprint density at radius 2 is 2.07 bits per heavy atom. The van der Waals surface area contributed by atoms with Crippen molar-refractivity contribution >= 4 is 17.3 Å². The summed E-state index contributed by atoms with van der Waals surface area (Å²) >= 11 is 6.13. The molecule has 0 amide bonds. The first-order valence-corrected chi connectivity index (χ1v) is 5.56. The van der Waals surface area contributed by atoms with E-state index < -0.39 is 0 Å². The first kappa shape index (κ1) is 9.85. The Morgan fingerprint density at radius 3 is 2.64 bits per heavy atom. The second-order valence-electron chi connectivity index (χ2n) is 4.35. The third-order valence-corrected chi connectivity index (χ3v) is 3.26. The summed E-state index contributed by atoms with van der Waals surface area (Å²) in [5.41, 5.74) is 2.35. The number of aryl methyl sites for hydroxylation is 1. The molecule has 0 radical (unpaired) electrons. The smallest absolute Gasteiger partial charge is 0.0640 e. The molecular weight excluding hydrogens is 194 g/mol. The van der Waals surface area contributed by atoms with Gasteiger partial charge in [0.05, 0.1) is 10.7 Å². The Hall–Kier alpha value is -0.690. The zero-order chi connectivity index (χ0) is 10.1. The maximum Gasteiger partial charge on any atom is 0.0640 e. The van der Waals surface area contributed by atoms with Crippen LogP contribution in [-0.2, 0) is 0 Å². The lowest BCUT2D eigenvalue weighted by atomic mass is 9.81. The zero-order valence-electron chi connectivity index (χ0n) is 8.68. The number of rotatable bonds is 2. The van der Waals surface area contributed by atoms with Gasteiger partial charge in [-0.25, -0.2) is 0 Å². The van der Waals surface area contributed by atoms with E-state index in [9.17, 15) is 0 Å². The van der Waals surface area contributed by atoms with Gasteiger partial charge in [0.15, 0.2) is 0 Å². The molecular formula is C12H16ClN. The van der Waals surface area contributed by atoms with E-state index in [1.165, 1.54) is 18.4 Å². The third kappa shape index (κ3) is 1.88. The van der Waals surface area contributed by atoms with Crippen molar-refractivity contribution in [2.45, 2.75) is 32.7 Å². The topological polar surface area (TPSA) is 12.0 Å². The third-order valence-electron chi connectivity index (χ3n) is 2.94. The molecule has 14 heavy (non-hydrogen) atoms. The summed E-state index contributed by atoms with van der Waals surface area (Å²) in [5, 5.41) is 4.35. The van der Waals surface area contributed by atoms with Crippen LogP contribution in [0.3, 0.4) is 0 Å². The van der Waals surface area contributed by atoms with Crippen LogP contribution in [0.2, 0.25) is 5.02 Å². The molecule has 1 saturated carbocycles. The molecule has 0 atom stereocenters. The van der Waals surface area contributed by atoms with Gasteiger partial charge in [-0.3, -0.25) is 0 Å². The minimum atomic E-state index is 0.628. The molecule has 2 rings (SSSR count). The predicted molar refractivity (Wildman–Crippen MR) is 62.0 cm³/mol. The Morgan fingerprint density at radius 1 is 1.36 bits per heavy atom. The van der Waals surface area contributed by atoms with Gasteiger partial charge in [-0.2, -0.15) is 0 Å². The molecule has 1 fully saturated rings. The molecule has 0 unspecified atom stereocenters. The second kappa shape index (κ2) is 3.82. The van der Waals surface area contributed by atoms with E-state index in [-0.39, 0.29) is 0 Å². The lowest BCUT2D eigenvalue weighted by Gasteiger charge is -2.34. The molecule has 1 aliphatic rings. The van der Waals surface area contributed by atoms with E-state index in [4.69, 9.17) is 11.6 Å². The summed E-state index contributed by atoms with van der Waals surface area (Å²) < 4.78 is 0. The largest absolute Gasteiger partial charge is 0.381 e. The van der Waals surface area contributed by atoms with Crippen LogP contribution >= 0.6 is 11.6 Å². The van der Waals surface area contributed by atoms with Crippen LogP contribution in [-0.4, -0.2) is 6.04 Å². The standard InChI is InChI=1S/C12H16ClN/c1-8-6-10(7-8)14-12-9(2)4-3-5-11(12)13/h3-5,8,10,14H,6-7H2,1-2H3. The number of hydrogen-bond acceptors (Lipinski definition) is 1. The predicted octanol–water partition coefficient (Wildman–Crippen LogP) is 3.86. The Labute approximate surface area is 90.5 Å². The SMILES string of the molecule is Cc1cccc(Cl)c1NC1CC(C)C1. The highest BCUT2D eigenvalue weighted by atomic mass is 35.5. The molecule has 2 heteroatoms. The molecule has 76 valence electrons. The van der Waals surface area contributed by atoms with Crippen molar-refractivity contribution in [3.63, 3.8) is 0 Å². The number of halogens is 1. The van der Waals surface area contributed by atoms with E-state index >= 15 is 0 Å². The zero-order valence-corrected chi connectivity index (χ0v) is 9.43. The van der Waals surface area contributed by atoms with Gasteiger partial charge in [0.1, 0.15) is 0 Å². The highest BCUT2D eigenvalue weighted by Gasteiger charge is 2.25. The van der Waals surface area contributed by atoms with Gasteiger partial charge < -0.3 is 5.32 Å². The maximum absolute atomic E-state index is 6.13. The van der Waals surface area contributed by atoms with Gasteiger partial charge in [0.25, 0.3) is 0 Å². The van der Waals surface area contributed by atoms with Gasteiger partial charge in [0, 0.05) is 6.04 Å². The van der Waals surface area contributed by atoms with Crippen molar-refractivity contribution < 1.29 is 0 Å². The van der Waals surface area contributed by atoms with Crippen molar-refractivity contribution in [1.82, 2.24) is 0 Å². The highest BCUT2D eigenvalue weighted by Crippen LogP contribution is 2.33.